The van der Waals surface area contributed by atoms with Gasteiger partial charge >= 0.3 is 0 Å². The first kappa shape index (κ1) is 14.0. The third-order valence-corrected chi connectivity index (χ3v) is 3.48. The molecule has 0 aliphatic carbocycles. The second-order valence-electron chi connectivity index (χ2n) is 4.56. The van der Waals surface area contributed by atoms with Crippen molar-refractivity contribution >= 4 is 11.6 Å². The summed E-state index contributed by atoms with van der Waals surface area (Å²) in [6.45, 7) is 3.13. The highest BCUT2D eigenvalue weighted by Gasteiger charge is 2.16. The van der Waals surface area contributed by atoms with Crippen molar-refractivity contribution in [2.24, 2.45) is 7.05 Å². The van der Waals surface area contributed by atoms with E-state index in [0.717, 1.165) is 24.9 Å². The smallest absolute Gasteiger partial charge is 0.0622 e. The minimum absolute atomic E-state index is 0.215. The molecule has 0 aliphatic heterocycles. The minimum atomic E-state index is 0.215. The summed E-state index contributed by atoms with van der Waals surface area (Å²) in [7, 11) is 1.96. The zero-order chi connectivity index (χ0) is 13.7. The molecule has 5 heteroatoms. The lowest BCUT2D eigenvalue weighted by Crippen LogP contribution is -2.26. The number of aromatic nitrogens is 3. The summed E-state index contributed by atoms with van der Waals surface area (Å²) in [6.07, 6.45) is 7.22. The lowest BCUT2D eigenvalue weighted by Gasteiger charge is -2.19. The van der Waals surface area contributed by atoms with Crippen molar-refractivity contribution in [3.8, 4) is 0 Å². The number of hydrogen-bond donors (Lipinski definition) is 1. The molecule has 1 unspecified atom stereocenters. The van der Waals surface area contributed by atoms with Crippen LogP contribution in [0.2, 0.25) is 5.02 Å². The normalized spacial score (nSPS) is 12.6. The van der Waals surface area contributed by atoms with E-state index in [1.165, 1.54) is 5.69 Å². The average molecular weight is 279 g/mol. The number of halogens is 1. The number of hydrogen-bond acceptors (Lipinski definition) is 3. The molecule has 0 spiro atoms. The number of aryl methyl sites for hydroxylation is 1. The largest absolute Gasteiger partial charge is 0.308 e. The fourth-order valence-electron chi connectivity index (χ4n) is 2.12. The van der Waals surface area contributed by atoms with Gasteiger partial charge in [0, 0.05) is 25.6 Å². The van der Waals surface area contributed by atoms with Crippen molar-refractivity contribution in [3.05, 3.63) is 47.0 Å². The van der Waals surface area contributed by atoms with Crippen LogP contribution in [0.1, 0.15) is 30.6 Å². The van der Waals surface area contributed by atoms with E-state index in [1.807, 2.05) is 30.1 Å². The Morgan fingerprint density at radius 2 is 2.21 bits per heavy atom. The Morgan fingerprint density at radius 1 is 1.37 bits per heavy atom. The van der Waals surface area contributed by atoms with Crippen molar-refractivity contribution in [2.45, 2.75) is 25.8 Å². The third kappa shape index (κ3) is 3.55. The molecule has 0 aromatic carbocycles. The molecule has 19 heavy (non-hydrogen) atoms. The van der Waals surface area contributed by atoms with E-state index < -0.39 is 0 Å². The number of pyridine rings is 1. The highest BCUT2D eigenvalue weighted by Crippen LogP contribution is 2.22. The Balaban J connectivity index is 2.19. The predicted octanol–water partition coefficient (Wildman–Crippen LogP) is 2.75. The predicted molar refractivity (Wildman–Crippen MR) is 77.2 cm³/mol. The van der Waals surface area contributed by atoms with Crippen LogP contribution in [0, 0.1) is 0 Å². The van der Waals surface area contributed by atoms with Crippen LogP contribution in [0.5, 0.6) is 0 Å². The van der Waals surface area contributed by atoms with Gasteiger partial charge in [-0.1, -0.05) is 18.5 Å². The zero-order valence-corrected chi connectivity index (χ0v) is 12.1. The molecular formula is C14H19ClN4. The van der Waals surface area contributed by atoms with Crippen LogP contribution in [0.3, 0.4) is 0 Å². The summed E-state index contributed by atoms with van der Waals surface area (Å²) < 4.78 is 1.91. The first-order valence-corrected chi connectivity index (χ1v) is 6.89. The van der Waals surface area contributed by atoms with Crippen LogP contribution in [-0.4, -0.2) is 21.3 Å². The van der Waals surface area contributed by atoms with Gasteiger partial charge in [-0.25, -0.2) is 0 Å². The van der Waals surface area contributed by atoms with Gasteiger partial charge in [0.15, 0.2) is 0 Å². The fourth-order valence-corrected chi connectivity index (χ4v) is 2.31. The quantitative estimate of drug-likeness (QED) is 0.883. The second-order valence-corrected chi connectivity index (χ2v) is 4.96. The van der Waals surface area contributed by atoms with Gasteiger partial charge in [-0.3, -0.25) is 9.67 Å². The van der Waals surface area contributed by atoms with E-state index in [2.05, 4.69) is 22.3 Å². The Hall–Kier alpha value is -1.39. The molecule has 0 aliphatic rings. The van der Waals surface area contributed by atoms with Crippen LogP contribution in [-0.2, 0) is 13.5 Å². The Labute approximate surface area is 118 Å². The maximum Gasteiger partial charge on any atom is 0.0622 e. The van der Waals surface area contributed by atoms with E-state index in [4.69, 9.17) is 11.6 Å². The standard InChI is InChI=1S/C14H19ClN4/c1-3-6-17-13(14-5-8-18-19(14)2)9-11-4-7-16-10-12(11)15/h4-5,7-8,10,13,17H,3,6,9H2,1-2H3. The molecule has 0 saturated heterocycles. The molecule has 4 nitrogen and oxygen atoms in total. The lowest BCUT2D eigenvalue weighted by atomic mass is 10.0. The molecule has 0 bridgehead atoms. The van der Waals surface area contributed by atoms with Crippen molar-refractivity contribution < 1.29 is 0 Å². The lowest BCUT2D eigenvalue weighted by molar-refractivity contribution is 0.493. The van der Waals surface area contributed by atoms with Gasteiger partial charge in [-0.15, -0.1) is 0 Å². The van der Waals surface area contributed by atoms with Crippen molar-refractivity contribution in [1.82, 2.24) is 20.1 Å². The van der Waals surface area contributed by atoms with Gasteiger partial charge in [-0.2, -0.15) is 5.10 Å². The molecule has 0 saturated carbocycles. The third-order valence-electron chi connectivity index (χ3n) is 3.14. The van der Waals surface area contributed by atoms with Gasteiger partial charge in [0.1, 0.15) is 0 Å². The van der Waals surface area contributed by atoms with Gasteiger partial charge in [0.05, 0.1) is 16.8 Å². The summed E-state index contributed by atoms with van der Waals surface area (Å²) in [6, 6.07) is 4.23. The van der Waals surface area contributed by atoms with E-state index in [1.54, 1.807) is 12.4 Å². The first-order valence-electron chi connectivity index (χ1n) is 6.52. The average Bonchev–Trinajstić information content (AvgIpc) is 2.83. The number of nitrogens with one attached hydrogen (secondary N) is 1. The highest BCUT2D eigenvalue weighted by molar-refractivity contribution is 6.31. The molecule has 2 rings (SSSR count). The van der Waals surface area contributed by atoms with E-state index >= 15 is 0 Å². The Morgan fingerprint density at radius 3 is 2.84 bits per heavy atom. The zero-order valence-electron chi connectivity index (χ0n) is 11.3. The van der Waals surface area contributed by atoms with E-state index in [9.17, 15) is 0 Å². The SMILES string of the molecule is CCCNC(Cc1ccncc1Cl)c1ccnn1C. The molecule has 0 radical (unpaired) electrons. The summed E-state index contributed by atoms with van der Waals surface area (Å²) in [4.78, 5) is 4.02. The molecule has 2 aromatic rings. The van der Waals surface area contributed by atoms with Gasteiger partial charge in [0.2, 0.25) is 0 Å². The van der Waals surface area contributed by atoms with E-state index in [0.29, 0.717) is 5.02 Å². The molecule has 2 heterocycles. The van der Waals surface area contributed by atoms with Crippen molar-refractivity contribution in [1.29, 1.82) is 0 Å². The van der Waals surface area contributed by atoms with Crippen LogP contribution in [0.4, 0.5) is 0 Å². The van der Waals surface area contributed by atoms with Crippen LogP contribution in [0.25, 0.3) is 0 Å². The van der Waals surface area contributed by atoms with Gasteiger partial charge in [0.25, 0.3) is 0 Å². The van der Waals surface area contributed by atoms with Crippen molar-refractivity contribution in [2.75, 3.05) is 6.54 Å². The molecule has 0 fully saturated rings. The summed E-state index contributed by atoms with van der Waals surface area (Å²) >= 11 is 6.19. The van der Waals surface area contributed by atoms with Crippen LogP contribution < -0.4 is 5.32 Å². The molecule has 1 N–H and O–H groups in total. The molecule has 2 aromatic heterocycles. The molecule has 102 valence electrons. The number of nitrogens with zero attached hydrogens (tertiary/aromatic N) is 3. The topological polar surface area (TPSA) is 42.7 Å². The maximum absolute atomic E-state index is 6.19. The Kier molecular flexibility index (Phi) is 4.93. The second kappa shape index (κ2) is 6.68. The minimum Gasteiger partial charge on any atom is -0.308 e. The Bertz CT molecular complexity index is 524. The van der Waals surface area contributed by atoms with Crippen molar-refractivity contribution in [3.63, 3.8) is 0 Å². The summed E-state index contributed by atoms with van der Waals surface area (Å²) in [5, 5.41) is 8.51. The maximum atomic E-state index is 6.19. The van der Waals surface area contributed by atoms with Gasteiger partial charge in [-0.05, 0) is 37.1 Å². The monoisotopic (exact) mass is 278 g/mol. The highest BCUT2D eigenvalue weighted by atomic mass is 35.5. The molecule has 0 amide bonds. The summed E-state index contributed by atoms with van der Waals surface area (Å²) in [5.74, 6) is 0. The van der Waals surface area contributed by atoms with Crippen LogP contribution >= 0.6 is 11.6 Å². The van der Waals surface area contributed by atoms with Gasteiger partial charge < -0.3 is 5.32 Å². The summed E-state index contributed by atoms with van der Waals surface area (Å²) in [5.41, 5.74) is 2.27. The molecule has 1 atom stereocenters. The molecular weight excluding hydrogens is 260 g/mol. The van der Waals surface area contributed by atoms with Crippen LogP contribution in [0.15, 0.2) is 30.7 Å². The fraction of sp³-hybridized carbons (Fsp3) is 0.429. The first-order chi connectivity index (χ1) is 9.22. The number of rotatable bonds is 6. The van der Waals surface area contributed by atoms with E-state index in [-0.39, 0.29) is 6.04 Å².